The molecule has 1 N–H and O–H groups in total. The quantitative estimate of drug-likeness (QED) is 0.701. The molecular formula is C25H32N4O4. The summed E-state index contributed by atoms with van der Waals surface area (Å²) < 4.78 is 6.53. The number of aromatic nitrogens is 2. The highest BCUT2D eigenvalue weighted by Crippen LogP contribution is 2.34. The number of esters is 1. The van der Waals surface area contributed by atoms with Crippen LogP contribution in [0.5, 0.6) is 0 Å². The van der Waals surface area contributed by atoms with Crippen molar-refractivity contribution < 1.29 is 19.1 Å². The molecule has 1 aliphatic carbocycles. The third-order valence-electron chi connectivity index (χ3n) is 6.53. The van der Waals surface area contributed by atoms with Crippen molar-refractivity contribution in [3.63, 3.8) is 0 Å². The molecule has 0 bridgehead atoms. The van der Waals surface area contributed by atoms with E-state index in [1.165, 1.54) is 17.2 Å². The molecule has 8 heteroatoms. The highest BCUT2D eigenvalue weighted by molar-refractivity contribution is 6.12. The second-order valence-corrected chi connectivity index (χ2v) is 9.36. The number of aryl methyl sites for hydroxylation is 2. The minimum atomic E-state index is -1.21. The van der Waals surface area contributed by atoms with Crippen LogP contribution in [-0.4, -0.2) is 45.8 Å². The first-order valence-corrected chi connectivity index (χ1v) is 11.7. The summed E-state index contributed by atoms with van der Waals surface area (Å²) in [7, 11) is 0. The first-order valence-electron chi connectivity index (χ1n) is 11.7. The van der Waals surface area contributed by atoms with Gasteiger partial charge in [-0.15, -0.1) is 0 Å². The third-order valence-corrected chi connectivity index (χ3v) is 6.53. The molecule has 0 spiro atoms. The number of carbonyl (C=O) groups excluding carboxylic acids is 3. The Labute approximate surface area is 194 Å². The number of amides is 2. The van der Waals surface area contributed by atoms with Crippen molar-refractivity contribution in [3.8, 4) is 0 Å². The summed E-state index contributed by atoms with van der Waals surface area (Å²) in [5.74, 6) is -1.16. The number of fused-ring (bicyclic) bond motifs is 1. The Kier molecular flexibility index (Phi) is 6.28. The Bertz CT molecular complexity index is 1070. The van der Waals surface area contributed by atoms with Crippen LogP contribution in [0.2, 0.25) is 0 Å². The monoisotopic (exact) mass is 452 g/mol. The lowest BCUT2D eigenvalue weighted by atomic mass is 9.90. The van der Waals surface area contributed by atoms with Crippen molar-refractivity contribution in [3.05, 3.63) is 46.8 Å². The largest absolute Gasteiger partial charge is 0.461 e. The van der Waals surface area contributed by atoms with Crippen LogP contribution in [0.3, 0.4) is 0 Å². The minimum Gasteiger partial charge on any atom is -0.461 e. The van der Waals surface area contributed by atoms with Crippen molar-refractivity contribution in [2.24, 2.45) is 0 Å². The van der Waals surface area contributed by atoms with Gasteiger partial charge in [0.15, 0.2) is 5.69 Å². The number of hydrogen-bond acceptors (Lipinski definition) is 5. The minimum absolute atomic E-state index is 0.0671. The summed E-state index contributed by atoms with van der Waals surface area (Å²) in [6.07, 6.45) is 5.25. The molecule has 1 aromatic heterocycles. The van der Waals surface area contributed by atoms with Gasteiger partial charge in [0.25, 0.3) is 5.91 Å². The van der Waals surface area contributed by atoms with Crippen LogP contribution in [0.25, 0.3) is 0 Å². The molecule has 1 atom stereocenters. The zero-order valence-electron chi connectivity index (χ0n) is 19.8. The summed E-state index contributed by atoms with van der Waals surface area (Å²) in [5, 5.41) is 7.52. The predicted molar refractivity (Wildman–Crippen MR) is 124 cm³/mol. The molecule has 1 aromatic carbocycles. The maximum Gasteiger partial charge on any atom is 0.358 e. The first kappa shape index (κ1) is 23.0. The molecule has 33 heavy (non-hydrogen) atoms. The van der Waals surface area contributed by atoms with Crippen LogP contribution >= 0.6 is 0 Å². The molecule has 0 radical (unpaired) electrons. The van der Waals surface area contributed by atoms with Crippen molar-refractivity contribution >= 4 is 23.5 Å². The van der Waals surface area contributed by atoms with E-state index in [1.807, 2.05) is 32.0 Å². The summed E-state index contributed by atoms with van der Waals surface area (Å²) in [5.41, 5.74) is 1.78. The van der Waals surface area contributed by atoms with E-state index in [2.05, 4.69) is 10.4 Å². The molecule has 2 aromatic rings. The van der Waals surface area contributed by atoms with Gasteiger partial charge in [-0.2, -0.15) is 5.10 Å². The second-order valence-electron chi connectivity index (χ2n) is 9.36. The van der Waals surface area contributed by atoms with Gasteiger partial charge in [-0.25, -0.2) is 4.79 Å². The number of ether oxygens (including phenoxy) is 1. The molecule has 4 rings (SSSR count). The van der Waals surface area contributed by atoms with E-state index in [0.717, 1.165) is 36.8 Å². The van der Waals surface area contributed by atoms with Crippen LogP contribution < -0.4 is 10.2 Å². The van der Waals surface area contributed by atoms with Crippen molar-refractivity contribution in [2.45, 2.75) is 77.9 Å². The van der Waals surface area contributed by atoms with E-state index in [-0.39, 0.29) is 42.4 Å². The van der Waals surface area contributed by atoms with Crippen molar-refractivity contribution in [1.29, 1.82) is 0 Å². The normalized spacial score (nSPS) is 21.0. The average molecular weight is 453 g/mol. The van der Waals surface area contributed by atoms with Gasteiger partial charge in [0.05, 0.1) is 13.2 Å². The number of nitrogens with one attached hydrogen (secondary N) is 1. The molecule has 2 heterocycles. The fourth-order valence-corrected chi connectivity index (χ4v) is 4.96. The van der Waals surface area contributed by atoms with Crippen molar-refractivity contribution in [1.82, 2.24) is 15.1 Å². The standard InChI is InChI=1S/C25H32N4O4/c1-5-33-23(31)20-14-21-22(30)29(19-12-16(2)11-17(3)13-19)25(4,15-28(21)27-20)24(32)26-18-9-7-6-8-10-18/h11-14,18H,5-10,15H2,1-4H3,(H,26,32)/t25-/m0/s1. The van der Waals surface area contributed by atoms with E-state index >= 15 is 0 Å². The average Bonchev–Trinajstić information content (AvgIpc) is 3.18. The maximum atomic E-state index is 13.8. The van der Waals surface area contributed by atoms with Gasteiger partial charge in [-0.3, -0.25) is 19.2 Å². The number of rotatable bonds is 5. The Morgan fingerprint density at radius 3 is 2.42 bits per heavy atom. The van der Waals surface area contributed by atoms with Gasteiger partial charge in [0.1, 0.15) is 11.2 Å². The van der Waals surface area contributed by atoms with E-state index < -0.39 is 11.5 Å². The topological polar surface area (TPSA) is 93.5 Å². The summed E-state index contributed by atoms with van der Waals surface area (Å²) in [6.45, 7) is 7.77. The fraction of sp³-hybridized carbons (Fsp3) is 0.520. The van der Waals surface area contributed by atoms with Gasteiger partial charge in [-0.05, 0) is 63.8 Å². The molecule has 0 saturated heterocycles. The SMILES string of the molecule is CCOC(=O)c1cc2n(n1)C[C@@](C)(C(=O)NC1CCCCC1)N(c1cc(C)cc(C)c1)C2=O. The van der Waals surface area contributed by atoms with E-state index in [9.17, 15) is 14.4 Å². The lowest BCUT2D eigenvalue weighted by molar-refractivity contribution is -0.127. The summed E-state index contributed by atoms with van der Waals surface area (Å²) in [6, 6.07) is 7.41. The zero-order valence-corrected chi connectivity index (χ0v) is 19.8. The van der Waals surface area contributed by atoms with Gasteiger partial charge < -0.3 is 10.1 Å². The third kappa shape index (κ3) is 4.38. The Morgan fingerprint density at radius 1 is 1.12 bits per heavy atom. The Hall–Kier alpha value is -3.16. The van der Waals surface area contributed by atoms with Gasteiger partial charge in [-0.1, -0.05) is 25.3 Å². The highest BCUT2D eigenvalue weighted by atomic mass is 16.5. The predicted octanol–water partition coefficient (Wildman–Crippen LogP) is 3.54. The fourth-order valence-electron chi connectivity index (χ4n) is 4.96. The molecule has 1 aliphatic heterocycles. The van der Waals surface area contributed by atoms with Crippen LogP contribution in [0.15, 0.2) is 24.3 Å². The number of anilines is 1. The molecule has 1 saturated carbocycles. The molecular weight excluding hydrogens is 420 g/mol. The van der Waals surface area contributed by atoms with E-state index in [0.29, 0.717) is 5.69 Å². The number of hydrogen-bond donors (Lipinski definition) is 1. The molecule has 8 nitrogen and oxygen atoms in total. The van der Waals surface area contributed by atoms with Gasteiger partial charge in [0, 0.05) is 17.8 Å². The Morgan fingerprint density at radius 2 is 1.79 bits per heavy atom. The van der Waals surface area contributed by atoms with Crippen LogP contribution in [0.1, 0.15) is 78.1 Å². The zero-order chi connectivity index (χ0) is 23.8. The van der Waals surface area contributed by atoms with Gasteiger partial charge >= 0.3 is 5.97 Å². The molecule has 0 unspecified atom stereocenters. The van der Waals surface area contributed by atoms with Crippen molar-refractivity contribution in [2.75, 3.05) is 11.5 Å². The smallest absolute Gasteiger partial charge is 0.358 e. The van der Waals surface area contributed by atoms with Crippen LogP contribution in [-0.2, 0) is 16.1 Å². The van der Waals surface area contributed by atoms with Crippen LogP contribution in [0, 0.1) is 13.8 Å². The second kappa shape index (κ2) is 9.00. The number of nitrogens with zero attached hydrogens (tertiary/aromatic N) is 3. The molecule has 2 amide bonds. The number of carbonyl (C=O) groups is 3. The lowest BCUT2D eigenvalue weighted by Gasteiger charge is -2.44. The summed E-state index contributed by atoms with van der Waals surface area (Å²) in [4.78, 5) is 41.3. The maximum absolute atomic E-state index is 13.8. The lowest BCUT2D eigenvalue weighted by Crippen LogP contribution is -2.65. The number of benzene rings is 1. The highest BCUT2D eigenvalue weighted by Gasteiger charge is 2.49. The molecule has 1 fully saturated rings. The van der Waals surface area contributed by atoms with Gasteiger partial charge in [0.2, 0.25) is 5.91 Å². The molecule has 176 valence electrons. The van der Waals surface area contributed by atoms with Crippen LogP contribution in [0.4, 0.5) is 5.69 Å². The Balaban J connectivity index is 1.77. The van der Waals surface area contributed by atoms with E-state index in [1.54, 1.807) is 18.7 Å². The van der Waals surface area contributed by atoms with E-state index in [4.69, 9.17) is 4.74 Å². The first-order chi connectivity index (χ1) is 15.7. The summed E-state index contributed by atoms with van der Waals surface area (Å²) >= 11 is 0. The molecule has 2 aliphatic rings.